The molecule has 0 spiro atoms. The van der Waals surface area contributed by atoms with Crippen molar-refractivity contribution in [2.45, 2.75) is 79.2 Å². The van der Waals surface area contributed by atoms with Gasteiger partial charge in [0.05, 0.1) is 40.8 Å². The minimum Gasteiger partial charge on any atom is -0.443 e. The molecule has 3 aromatic heterocycles. The molecular formula is C37H45N5O5Si. The first-order valence-electron chi connectivity index (χ1n) is 16.1. The third-order valence-electron chi connectivity index (χ3n) is 7.74. The van der Waals surface area contributed by atoms with Gasteiger partial charge in [-0.15, -0.1) is 0 Å². The normalized spacial score (nSPS) is 12.0. The number of anilines is 1. The first-order valence-corrected chi connectivity index (χ1v) is 19.8. The first-order chi connectivity index (χ1) is 22.6. The Kier molecular flexibility index (Phi) is 9.93. The number of rotatable bonds is 10. The molecule has 0 aliphatic heterocycles. The SMILES string of the molecule is Cc1ccc(Cn2cc(C(=O)Nc3cc(-c4cc5cc(C)ccc5n4C(=O)OC(C)(C)C)c(=O)n(COCC[Si](C)(C)C)c3)cn2)cc1. The van der Waals surface area contributed by atoms with Gasteiger partial charge in [0, 0.05) is 32.5 Å². The van der Waals surface area contributed by atoms with Crippen molar-refractivity contribution in [1.82, 2.24) is 18.9 Å². The van der Waals surface area contributed by atoms with E-state index in [0.29, 0.717) is 35.6 Å². The monoisotopic (exact) mass is 667 g/mol. The van der Waals surface area contributed by atoms with E-state index in [2.05, 4.69) is 30.1 Å². The molecule has 2 aromatic carbocycles. The highest BCUT2D eigenvalue weighted by Crippen LogP contribution is 2.30. The van der Waals surface area contributed by atoms with Crippen LogP contribution in [0.25, 0.3) is 22.2 Å². The Morgan fingerprint density at radius 2 is 1.65 bits per heavy atom. The Bertz CT molecular complexity index is 2010. The van der Waals surface area contributed by atoms with Crippen LogP contribution in [0.1, 0.15) is 47.8 Å². The lowest BCUT2D eigenvalue weighted by Gasteiger charge is -2.21. The molecule has 0 aliphatic carbocycles. The van der Waals surface area contributed by atoms with E-state index in [0.717, 1.165) is 22.6 Å². The molecular weight excluding hydrogens is 623 g/mol. The maximum atomic E-state index is 14.1. The Morgan fingerprint density at radius 1 is 0.938 bits per heavy atom. The van der Waals surface area contributed by atoms with Gasteiger partial charge >= 0.3 is 6.09 Å². The fourth-order valence-corrected chi connectivity index (χ4v) is 5.97. The van der Waals surface area contributed by atoms with Gasteiger partial charge in [-0.2, -0.15) is 5.10 Å². The van der Waals surface area contributed by atoms with Crippen LogP contribution in [-0.4, -0.2) is 51.2 Å². The van der Waals surface area contributed by atoms with E-state index < -0.39 is 19.8 Å². The van der Waals surface area contributed by atoms with E-state index in [1.54, 1.807) is 50.0 Å². The van der Waals surface area contributed by atoms with Crippen molar-refractivity contribution in [2.75, 3.05) is 11.9 Å². The van der Waals surface area contributed by atoms with Crippen LogP contribution in [0.15, 0.2) is 78.0 Å². The van der Waals surface area contributed by atoms with E-state index >= 15 is 0 Å². The molecule has 0 bridgehead atoms. The molecule has 0 fully saturated rings. The van der Waals surface area contributed by atoms with E-state index in [1.807, 2.05) is 56.3 Å². The molecule has 0 atom stereocenters. The van der Waals surface area contributed by atoms with Gasteiger partial charge in [-0.05, 0) is 70.5 Å². The van der Waals surface area contributed by atoms with Gasteiger partial charge in [0.2, 0.25) is 0 Å². The number of carbonyl (C=O) groups excluding carboxylic acids is 2. The number of nitrogens with one attached hydrogen (secondary N) is 1. The summed E-state index contributed by atoms with van der Waals surface area (Å²) in [4.78, 5) is 41.2. The number of aryl methyl sites for hydroxylation is 2. The largest absolute Gasteiger partial charge is 0.443 e. The Hall–Kier alpha value is -4.74. The number of ether oxygens (including phenoxy) is 2. The molecule has 11 heteroatoms. The zero-order valence-electron chi connectivity index (χ0n) is 29.1. The zero-order chi connectivity index (χ0) is 34.8. The number of fused-ring (bicyclic) bond motifs is 1. The molecule has 1 N–H and O–H groups in total. The molecule has 5 aromatic rings. The Labute approximate surface area is 282 Å². The number of hydrogen-bond donors (Lipinski definition) is 1. The number of hydrogen-bond acceptors (Lipinski definition) is 6. The molecule has 0 unspecified atom stereocenters. The van der Waals surface area contributed by atoms with Crippen molar-refractivity contribution in [3.05, 3.63) is 106 Å². The molecule has 3 heterocycles. The zero-order valence-corrected chi connectivity index (χ0v) is 30.1. The van der Waals surface area contributed by atoms with Crippen LogP contribution in [-0.2, 0) is 22.7 Å². The molecule has 10 nitrogen and oxygen atoms in total. The van der Waals surface area contributed by atoms with Crippen LogP contribution in [0.3, 0.4) is 0 Å². The van der Waals surface area contributed by atoms with Crippen LogP contribution >= 0.6 is 0 Å². The fourth-order valence-electron chi connectivity index (χ4n) is 5.21. The molecule has 48 heavy (non-hydrogen) atoms. The summed E-state index contributed by atoms with van der Waals surface area (Å²) in [7, 11) is -1.36. The molecule has 5 rings (SSSR count). The van der Waals surface area contributed by atoms with Crippen LogP contribution in [0, 0.1) is 13.8 Å². The topological polar surface area (TPSA) is 109 Å². The first kappa shape index (κ1) is 34.6. The van der Waals surface area contributed by atoms with E-state index in [1.165, 1.54) is 20.9 Å². The maximum absolute atomic E-state index is 14.1. The van der Waals surface area contributed by atoms with E-state index in [-0.39, 0.29) is 23.8 Å². The summed E-state index contributed by atoms with van der Waals surface area (Å²) < 4.78 is 16.3. The summed E-state index contributed by atoms with van der Waals surface area (Å²) in [6, 6.07) is 18.2. The summed E-state index contributed by atoms with van der Waals surface area (Å²) in [6.07, 6.45) is 4.17. The summed E-state index contributed by atoms with van der Waals surface area (Å²) in [6.45, 7) is 17.2. The average molecular weight is 668 g/mol. The quantitative estimate of drug-likeness (QED) is 0.121. The fraction of sp³-hybridized carbons (Fsp3) is 0.351. The second-order valence-electron chi connectivity index (χ2n) is 14.5. The number of aromatic nitrogens is 4. The van der Waals surface area contributed by atoms with Gasteiger partial charge in [0.1, 0.15) is 12.3 Å². The summed E-state index contributed by atoms with van der Waals surface area (Å²) >= 11 is 0. The summed E-state index contributed by atoms with van der Waals surface area (Å²) in [5, 5.41) is 8.10. The predicted octanol–water partition coefficient (Wildman–Crippen LogP) is 7.68. The number of nitrogens with zero attached hydrogens (tertiary/aromatic N) is 4. The van der Waals surface area contributed by atoms with Crippen molar-refractivity contribution < 1.29 is 19.1 Å². The number of benzene rings is 2. The molecule has 0 saturated carbocycles. The van der Waals surface area contributed by atoms with Gasteiger partial charge in [0.15, 0.2) is 0 Å². The Balaban J connectivity index is 1.53. The van der Waals surface area contributed by atoms with Gasteiger partial charge in [-0.1, -0.05) is 61.1 Å². The molecule has 0 aliphatic rings. The highest BCUT2D eigenvalue weighted by atomic mass is 28.3. The number of pyridine rings is 1. The lowest BCUT2D eigenvalue weighted by molar-refractivity contribution is 0.0547. The third kappa shape index (κ3) is 8.58. The maximum Gasteiger partial charge on any atom is 0.419 e. The molecule has 1 amide bonds. The smallest absolute Gasteiger partial charge is 0.419 e. The second kappa shape index (κ2) is 13.8. The highest BCUT2D eigenvalue weighted by molar-refractivity contribution is 6.76. The van der Waals surface area contributed by atoms with Crippen molar-refractivity contribution in [1.29, 1.82) is 0 Å². The number of carbonyl (C=O) groups is 2. The van der Waals surface area contributed by atoms with E-state index in [4.69, 9.17) is 9.47 Å². The minimum atomic E-state index is -1.36. The standard InChI is InChI=1S/C37H45N5O5Si/c1-25-9-12-27(13-10-25)21-41-22-29(20-38-41)34(43)39-30-19-31(35(44)40(23-30)24-46-15-16-48(6,7)8)33-18-28-17-26(2)11-14-32(28)42(33)36(45)47-37(3,4)5/h9-14,17-20,22-23H,15-16,21,24H2,1-8H3,(H,39,43). The van der Waals surface area contributed by atoms with Crippen LogP contribution in [0.4, 0.5) is 10.5 Å². The predicted molar refractivity (Wildman–Crippen MR) is 193 cm³/mol. The molecule has 0 radical (unpaired) electrons. The summed E-state index contributed by atoms with van der Waals surface area (Å²) in [5.41, 5.74) is 4.03. The molecule has 0 saturated heterocycles. The van der Waals surface area contributed by atoms with Gasteiger partial charge in [0.25, 0.3) is 11.5 Å². The highest BCUT2D eigenvalue weighted by Gasteiger charge is 2.25. The number of amides is 1. The van der Waals surface area contributed by atoms with Crippen molar-refractivity contribution in [3.8, 4) is 11.3 Å². The van der Waals surface area contributed by atoms with Crippen molar-refractivity contribution in [2.24, 2.45) is 0 Å². The van der Waals surface area contributed by atoms with E-state index in [9.17, 15) is 14.4 Å². The van der Waals surface area contributed by atoms with Crippen LogP contribution in [0.2, 0.25) is 25.7 Å². The van der Waals surface area contributed by atoms with Gasteiger partial charge < -0.3 is 14.8 Å². The van der Waals surface area contributed by atoms with Crippen molar-refractivity contribution in [3.63, 3.8) is 0 Å². The summed E-state index contributed by atoms with van der Waals surface area (Å²) in [5.74, 6) is -0.385. The Morgan fingerprint density at radius 3 is 2.33 bits per heavy atom. The van der Waals surface area contributed by atoms with Gasteiger partial charge in [-0.3, -0.25) is 18.8 Å². The average Bonchev–Trinajstić information content (AvgIpc) is 3.61. The minimum absolute atomic E-state index is 0.0136. The second-order valence-corrected chi connectivity index (χ2v) is 20.2. The van der Waals surface area contributed by atoms with Crippen molar-refractivity contribution >= 4 is 36.7 Å². The third-order valence-corrected chi connectivity index (χ3v) is 9.44. The van der Waals surface area contributed by atoms with Gasteiger partial charge in [-0.25, -0.2) is 9.36 Å². The lowest BCUT2D eigenvalue weighted by Crippen LogP contribution is -2.29. The molecule has 252 valence electrons. The van der Waals surface area contributed by atoms with Crippen LogP contribution in [0.5, 0.6) is 0 Å². The lowest BCUT2D eigenvalue weighted by atomic mass is 10.1. The van der Waals surface area contributed by atoms with Crippen LogP contribution < -0.4 is 10.9 Å².